The molecule has 3 aromatic rings. The van der Waals surface area contributed by atoms with Gasteiger partial charge in [-0.3, -0.25) is 18.8 Å². The highest BCUT2D eigenvalue weighted by molar-refractivity contribution is 5.71. The summed E-state index contributed by atoms with van der Waals surface area (Å²) in [5.41, 5.74) is 0.760. The summed E-state index contributed by atoms with van der Waals surface area (Å²) in [6, 6.07) is 6.17. The number of morpholine rings is 1. The van der Waals surface area contributed by atoms with E-state index in [1.165, 1.54) is 23.7 Å². The maximum Gasteiger partial charge on any atom is 0.332 e. The summed E-state index contributed by atoms with van der Waals surface area (Å²) in [6.07, 6.45) is 0.196. The van der Waals surface area contributed by atoms with Crippen LogP contribution in [-0.4, -0.2) is 48.9 Å². The molecule has 0 spiro atoms. The normalized spacial score (nSPS) is 20.2. The molecule has 30 heavy (non-hydrogen) atoms. The van der Waals surface area contributed by atoms with Crippen molar-refractivity contribution in [1.29, 1.82) is 0 Å². The average Bonchev–Trinajstić information content (AvgIpc) is 3.03. The number of nitrogens with zero attached hydrogens (tertiary/aromatic N) is 5. The van der Waals surface area contributed by atoms with Crippen molar-refractivity contribution in [3.05, 3.63) is 62.3 Å². The highest BCUT2D eigenvalue weighted by atomic mass is 19.1. The van der Waals surface area contributed by atoms with Crippen molar-refractivity contribution in [2.75, 3.05) is 13.1 Å². The number of aromatic nitrogens is 4. The fourth-order valence-electron chi connectivity index (χ4n) is 4.17. The standard InChI is InChI=1S/C21H26FN5O3/c1-13-9-26(10-14(2)30-13)12-17-23-19-18(20(28)25(4)21(29)24(19)3)27(17)11-15-5-7-16(22)8-6-15/h5-8,13-14H,9-12H2,1-4H3/t13-,14+. The van der Waals surface area contributed by atoms with Gasteiger partial charge in [0.15, 0.2) is 11.2 Å². The molecule has 4 rings (SSSR count). The lowest BCUT2D eigenvalue weighted by molar-refractivity contribution is -0.0712. The number of rotatable bonds is 4. The predicted octanol–water partition coefficient (Wildman–Crippen LogP) is 1.23. The molecule has 9 heteroatoms. The van der Waals surface area contributed by atoms with Gasteiger partial charge in [0.1, 0.15) is 11.6 Å². The summed E-state index contributed by atoms with van der Waals surface area (Å²) >= 11 is 0. The van der Waals surface area contributed by atoms with E-state index in [0.717, 1.165) is 23.2 Å². The molecule has 0 amide bonds. The van der Waals surface area contributed by atoms with Crippen molar-refractivity contribution in [3.63, 3.8) is 0 Å². The van der Waals surface area contributed by atoms with Gasteiger partial charge in [0, 0.05) is 33.7 Å². The quantitative estimate of drug-likeness (QED) is 0.641. The van der Waals surface area contributed by atoms with Gasteiger partial charge < -0.3 is 9.30 Å². The molecule has 1 saturated heterocycles. The number of halogens is 1. The summed E-state index contributed by atoms with van der Waals surface area (Å²) in [6.45, 7) is 6.44. The first-order valence-electron chi connectivity index (χ1n) is 10.0. The van der Waals surface area contributed by atoms with E-state index < -0.39 is 11.2 Å². The van der Waals surface area contributed by atoms with Crippen LogP contribution in [0.2, 0.25) is 0 Å². The number of hydrogen-bond acceptors (Lipinski definition) is 5. The van der Waals surface area contributed by atoms with E-state index >= 15 is 0 Å². The second-order valence-electron chi connectivity index (χ2n) is 8.07. The van der Waals surface area contributed by atoms with E-state index in [-0.39, 0.29) is 18.0 Å². The zero-order chi connectivity index (χ0) is 21.6. The largest absolute Gasteiger partial charge is 0.373 e. The molecule has 1 aliphatic heterocycles. The Bertz CT molecular complexity index is 1180. The molecule has 0 bridgehead atoms. The Morgan fingerprint density at radius 1 is 1.03 bits per heavy atom. The van der Waals surface area contributed by atoms with Gasteiger partial charge in [0.05, 0.1) is 18.8 Å². The van der Waals surface area contributed by atoms with Crippen molar-refractivity contribution in [2.24, 2.45) is 14.1 Å². The molecular weight excluding hydrogens is 389 g/mol. The van der Waals surface area contributed by atoms with Gasteiger partial charge >= 0.3 is 5.69 Å². The van der Waals surface area contributed by atoms with Crippen LogP contribution in [0.25, 0.3) is 11.2 Å². The third-order valence-electron chi connectivity index (χ3n) is 5.54. The molecule has 3 heterocycles. The van der Waals surface area contributed by atoms with E-state index in [2.05, 4.69) is 9.88 Å². The molecular formula is C21H26FN5O3. The Hall–Kier alpha value is -2.78. The average molecular weight is 415 g/mol. The van der Waals surface area contributed by atoms with E-state index in [4.69, 9.17) is 4.74 Å². The predicted molar refractivity (Wildman–Crippen MR) is 111 cm³/mol. The molecule has 1 fully saturated rings. The van der Waals surface area contributed by atoms with E-state index in [0.29, 0.717) is 30.1 Å². The molecule has 2 aromatic heterocycles. The molecule has 0 radical (unpaired) electrons. The van der Waals surface area contributed by atoms with Crippen LogP contribution in [0.4, 0.5) is 4.39 Å². The topological polar surface area (TPSA) is 74.3 Å². The van der Waals surface area contributed by atoms with Crippen molar-refractivity contribution < 1.29 is 9.13 Å². The van der Waals surface area contributed by atoms with E-state index in [1.54, 1.807) is 19.2 Å². The zero-order valence-corrected chi connectivity index (χ0v) is 17.6. The minimum atomic E-state index is -0.418. The van der Waals surface area contributed by atoms with Gasteiger partial charge in [-0.1, -0.05) is 12.1 Å². The fraction of sp³-hybridized carbons (Fsp3) is 0.476. The Kier molecular flexibility index (Phi) is 5.33. The Balaban J connectivity index is 1.84. The van der Waals surface area contributed by atoms with Gasteiger partial charge in [-0.05, 0) is 31.5 Å². The van der Waals surface area contributed by atoms with Gasteiger partial charge in [0.2, 0.25) is 0 Å². The summed E-state index contributed by atoms with van der Waals surface area (Å²) in [4.78, 5) is 32.3. The number of imidazole rings is 1. The van der Waals surface area contributed by atoms with Crippen molar-refractivity contribution in [3.8, 4) is 0 Å². The molecule has 0 saturated carbocycles. The number of hydrogen-bond donors (Lipinski definition) is 0. The molecule has 160 valence electrons. The minimum Gasteiger partial charge on any atom is -0.373 e. The third kappa shape index (κ3) is 3.70. The lowest BCUT2D eigenvalue weighted by Crippen LogP contribution is -2.45. The first-order chi connectivity index (χ1) is 14.2. The minimum absolute atomic E-state index is 0.0981. The maximum absolute atomic E-state index is 13.4. The van der Waals surface area contributed by atoms with E-state index in [9.17, 15) is 14.0 Å². The Morgan fingerprint density at radius 2 is 1.67 bits per heavy atom. The fourth-order valence-corrected chi connectivity index (χ4v) is 4.17. The highest BCUT2D eigenvalue weighted by Crippen LogP contribution is 2.19. The molecule has 0 unspecified atom stereocenters. The molecule has 0 aliphatic carbocycles. The summed E-state index contributed by atoms with van der Waals surface area (Å²) in [5.74, 6) is 0.373. The van der Waals surface area contributed by atoms with Crippen molar-refractivity contribution in [2.45, 2.75) is 39.1 Å². The van der Waals surface area contributed by atoms with Gasteiger partial charge in [-0.25, -0.2) is 14.2 Å². The van der Waals surface area contributed by atoms with Crippen molar-refractivity contribution >= 4 is 11.2 Å². The number of ether oxygens (including phenoxy) is 1. The monoisotopic (exact) mass is 415 g/mol. The van der Waals surface area contributed by atoms with Crippen LogP contribution in [0, 0.1) is 5.82 Å². The van der Waals surface area contributed by atoms with Gasteiger partial charge in [0.25, 0.3) is 5.56 Å². The van der Waals surface area contributed by atoms with Gasteiger partial charge in [-0.15, -0.1) is 0 Å². The number of aryl methyl sites for hydroxylation is 1. The molecule has 1 aliphatic rings. The Labute approximate surface area is 173 Å². The summed E-state index contributed by atoms with van der Waals surface area (Å²) in [7, 11) is 3.08. The second kappa shape index (κ2) is 7.81. The summed E-state index contributed by atoms with van der Waals surface area (Å²) in [5, 5.41) is 0. The number of benzene rings is 1. The molecule has 8 nitrogen and oxygen atoms in total. The van der Waals surface area contributed by atoms with Gasteiger partial charge in [-0.2, -0.15) is 0 Å². The zero-order valence-electron chi connectivity index (χ0n) is 17.6. The first-order valence-corrected chi connectivity index (χ1v) is 10.0. The van der Waals surface area contributed by atoms with Crippen LogP contribution >= 0.6 is 0 Å². The van der Waals surface area contributed by atoms with Crippen LogP contribution in [0.3, 0.4) is 0 Å². The maximum atomic E-state index is 13.4. The third-order valence-corrected chi connectivity index (χ3v) is 5.54. The highest BCUT2D eigenvalue weighted by Gasteiger charge is 2.25. The summed E-state index contributed by atoms with van der Waals surface area (Å²) < 4.78 is 23.5. The number of fused-ring (bicyclic) bond motifs is 1. The lowest BCUT2D eigenvalue weighted by Gasteiger charge is -2.35. The molecule has 0 N–H and O–H groups in total. The first kappa shape index (κ1) is 20.5. The van der Waals surface area contributed by atoms with Crippen LogP contribution in [0.1, 0.15) is 25.2 Å². The smallest absolute Gasteiger partial charge is 0.332 e. The molecule has 2 atom stereocenters. The van der Waals surface area contributed by atoms with Crippen LogP contribution < -0.4 is 11.2 Å². The SMILES string of the molecule is C[C@@H]1CN(Cc2nc3c(c(=O)n(C)c(=O)n3C)n2Cc2ccc(F)cc2)C[C@H](C)O1. The lowest BCUT2D eigenvalue weighted by atomic mass is 10.2. The second-order valence-corrected chi connectivity index (χ2v) is 8.07. The van der Waals surface area contributed by atoms with Crippen molar-refractivity contribution in [1.82, 2.24) is 23.6 Å². The Morgan fingerprint density at radius 3 is 2.30 bits per heavy atom. The van der Waals surface area contributed by atoms with Crippen LogP contribution in [0.15, 0.2) is 33.9 Å². The van der Waals surface area contributed by atoms with Crippen LogP contribution in [-0.2, 0) is 31.9 Å². The van der Waals surface area contributed by atoms with Crippen LogP contribution in [0.5, 0.6) is 0 Å². The van der Waals surface area contributed by atoms with E-state index in [1.807, 2.05) is 18.4 Å². The molecule has 1 aromatic carbocycles.